The number of rotatable bonds is 5. The van der Waals surface area contributed by atoms with Gasteiger partial charge in [0.25, 0.3) is 0 Å². The summed E-state index contributed by atoms with van der Waals surface area (Å²) in [4.78, 5) is 17.7. The van der Waals surface area contributed by atoms with Gasteiger partial charge in [0.15, 0.2) is 11.5 Å². The first kappa shape index (κ1) is 17.6. The zero-order chi connectivity index (χ0) is 19.8. The van der Waals surface area contributed by atoms with E-state index in [1.165, 1.54) is 0 Å². The maximum atomic E-state index is 13.1. The minimum Gasteiger partial charge on any atom is -0.497 e. The fraction of sp³-hybridized carbons (Fsp3) is 0.217. The summed E-state index contributed by atoms with van der Waals surface area (Å²) in [6.45, 7) is 0.221. The molecule has 2 aromatic carbocycles. The molecule has 0 unspecified atom stereocenters. The molecule has 146 valence electrons. The lowest BCUT2D eigenvalue weighted by molar-refractivity contribution is -0.118. The molecule has 6 heteroatoms. The van der Waals surface area contributed by atoms with Gasteiger partial charge in [0.1, 0.15) is 11.6 Å². The first-order valence-corrected chi connectivity index (χ1v) is 9.51. The zero-order valence-electron chi connectivity index (χ0n) is 16.0. The Morgan fingerprint density at radius 1 is 1.03 bits per heavy atom. The number of carbonyl (C=O) groups excluding carboxylic acids is 1. The second-order valence-electron chi connectivity index (χ2n) is 7.24. The van der Waals surface area contributed by atoms with Crippen molar-refractivity contribution >= 4 is 11.7 Å². The number of nitrogens with zero attached hydrogens (tertiary/aromatic N) is 1. The number of hydrogen-bond donors (Lipinski definition) is 1. The number of hydrogen-bond acceptors (Lipinski definition) is 5. The predicted molar refractivity (Wildman–Crippen MR) is 108 cm³/mol. The van der Waals surface area contributed by atoms with Gasteiger partial charge in [-0.2, -0.15) is 0 Å². The maximum Gasteiger partial charge on any atom is 0.236 e. The number of methoxy groups -OCH3 is 1. The number of pyridine rings is 1. The fourth-order valence-corrected chi connectivity index (χ4v) is 3.65. The van der Waals surface area contributed by atoms with Crippen LogP contribution < -0.4 is 19.5 Å². The van der Waals surface area contributed by atoms with Crippen LogP contribution in [-0.2, 0) is 10.2 Å². The summed E-state index contributed by atoms with van der Waals surface area (Å²) < 4.78 is 16.1. The molecule has 1 aliphatic carbocycles. The van der Waals surface area contributed by atoms with E-state index in [1.807, 2.05) is 54.6 Å². The first-order chi connectivity index (χ1) is 14.2. The van der Waals surface area contributed by atoms with Crippen LogP contribution in [0.2, 0.25) is 0 Å². The third-order valence-corrected chi connectivity index (χ3v) is 5.47. The third kappa shape index (κ3) is 3.16. The molecule has 0 radical (unpaired) electrons. The Bertz CT molecular complexity index is 1090. The number of aromatic nitrogens is 1. The minimum atomic E-state index is -0.533. The van der Waals surface area contributed by atoms with Gasteiger partial charge in [0.05, 0.1) is 18.2 Å². The monoisotopic (exact) mass is 388 g/mol. The Labute approximate surface area is 168 Å². The molecule has 1 N–H and O–H groups in total. The number of carbonyl (C=O) groups is 1. The molecular weight excluding hydrogens is 368 g/mol. The molecule has 0 spiro atoms. The highest BCUT2D eigenvalue weighted by Crippen LogP contribution is 2.51. The second kappa shape index (κ2) is 6.81. The van der Waals surface area contributed by atoms with Crippen LogP contribution >= 0.6 is 0 Å². The molecule has 0 saturated heterocycles. The average Bonchev–Trinajstić information content (AvgIpc) is 3.45. The largest absolute Gasteiger partial charge is 0.497 e. The molecule has 3 aromatic rings. The van der Waals surface area contributed by atoms with Crippen LogP contribution in [0.4, 0.5) is 5.82 Å². The number of nitrogens with one attached hydrogen (secondary N) is 1. The van der Waals surface area contributed by atoms with Crippen LogP contribution in [-0.4, -0.2) is 24.8 Å². The molecular formula is C23H20N2O4. The summed E-state index contributed by atoms with van der Waals surface area (Å²) in [5, 5.41) is 3.00. The van der Waals surface area contributed by atoms with E-state index in [9.17, 15) is 4.79 Å². The zero-order valence-corrected chi connectivity index (χ0v) is 16.0. The summed E-state index contributed by atoms with van der Waals surface area (Å²) >= 11 is 0. The Hall–Kier alpha value is -3.54. The average molecular weight is 388 g/mol. The number of ether oxygens (including phenoxy) is 3. The molecule has 29 heavy (non-hydrogen) atoms. The molecule has 1 aliphatic heterocycles. The van der Waals surface area contributed by atoms with E-state index in [2.05, 4.69) is 10.3 Å². The lowest BCUT2D eigenvalue weighted by Crippen LogP contribution is -2.28. The Morgan fingerprint density at radius 3 is 2.69 bits per heavy atom. The highest BCUT2D eigenvalue weighted by atomic mass is 16.7. The molecule has 2 heterocycles. The van der Waals surface area contributed by atoms with Crippen LogP contribution in [0.5, 0.6) is 17.2 Å². The van der Waals surface area contributed by atoms with Crippen molar-refractivity contribution in [1.29, 1.82) is 0 Å². The summed E-state index contributed by atoms with van der Waals surface area (Å²) in [6, 6.07) is 19.0. The smallest absolute Gasteiger partial charge is 0.236 e. The van der Waals surface area contributed by atoms with Gasteiger partial charge in [0, 0.05) is 5.56 Å². The van der Waals surface area contributed by atoms with Gasteiger partial charge < -0.3 is 19.5 Å². The van der Waals surface area contributed by atoms with Crippen molar-refractivity contribution in [2.24, 2.45) is 0 Å². The third-order valence-electron chi connectivity index (χ3n) is 5.47. The van der Waals surface area contributed by atoms with Crippen LogP contribution in [0.1, 0.15) is 18.4 Å². The van der Waals surface area contributed by atoms with Gasteiger partial charge in [-0.15, -0.1) is 0 Å². The SMILES string of the molecule is COc1cccc(-c2cccc(NC(=O)C3(c4ccc5c(c4)OCO5)CC3)n2)c1. The van der Waals surface area contributed by atoms with Gasteiger partial charge >= 0.3 is 0 Å². The Kier molecular flexibility index (Phi) is 4.12. The van der Waals surface area contributed by atoms with Crippen LogP contribution in [0.3, 0.4) is 0 Å². The van der Waals surface area contributed by atoms with Gasteiger partial charge in [-0.05, 0) is 54.8 Å². The second-order valence-corrected chi connectivity index (χ2v) is 7.24. The van der Waals surface area contributed by atoms with E-state index in [0.29, 0.717) is 11.6 Å². The van der Waals surface area contributed by atoms with Crippen molar-refractivity contribution < 1.29 is 19.0 Å². The van der Waals surface area contributed by atoms with Crippen molar-refractivity contribution in [3.63, 3.8) is 0 Å². The summed E-state index contributed by atoms with van der Waals surface area (Å²) in [7, 11) is 1.63. The molecule has 0 atom stereocenters. The number of fused-ring (bicyclic) bond motifs is 1. The normalized spacial score (nSPS) is 15.6. The van der Waals surface area contributed by atoms with Crippen molar-refractivity contribution in [2.45, 2.75) is 18.3 Å². The van der Waals surface area contributed by atoms with Crippen LogP contribution in [0, 0.1) is 0 Å². The number of anilines is 1. The summed E-state index contributed by atoms with van der Waals surface area (Å²) in [6.07, 6.45) is 1.60. The first-order valence-electron chi connectivity index (χ1n) is 9.51. The molecule has 1 amide bonds. The van der Waals surface area contributed by atoms with Crippen LogP contribution in [0.25, 0.3) is 11.3 Å². The molecule has 2 aliphatic rings. The van der Waals surface area contributed by atoms with Gasteiger partial charge in [-0.1, -0.05) is 24.3 Å². The molecule has 5 rings (SSSR count). The van der Waals surface area contributed by atoms with Gasteiger partial charge in [0.2, 0.25) is 12.7 Å². The summed E-state index contributed by atoms with van der Waals surface area (Å²) in [5.74, 6) is 2.66. The van der Waals surface area contributed by atoms with E-state index in [0.717, 1.165) is 41.2 Å². The highest BCUT2D eigenvalue weighted by Gasteiger charge is 2.51. The lowest BCUT2D eigenvalue weighted by Gasteiger charge is -2.16. The number of benzene rings is 2. The van der Waals surface area contributed by atoms with E-state index in [4.69, 9.17) is 14.2 Å². The van der Waals surface area contributed by atoms with Gasteiger partial charge in [-0.25, -0.2) is 4.98 Å². The minimum absolute atomic E-state index is 0.0494. The Morgan fingerprint density at radius 2 is 1.86 bits per heavy atom. The van der Waals surface area contributed by atoms with Crippen molar-refractivity contribution in [2.75, 3.05) is 19.2 Å². The maximum absolute atomic E-state index is 13.1. The van der Waals surface area contributed by atoms with E-state index >= 15 is 0 Å². The number of amides is 1. The molecule has 6 nitrogen and oxygen atoms in total. The quantitative estimate of drug-likeness (QED) is 0.711. The molecule has 1 aromatic heterocycles. The van der Waals surface area contributed by atoms with Gasteiger partial charge in [-0.3, -0.25) is 4.79 Å². The molecule has 1 saturated carbocycles. The van der Waals surface area contributed by atoms with E-state index in [1.54, 1.807) is 13.2 Å². The van der Waals surface area contributed by atoms with Crippen molar-refractivity contribution in [1.82, 2.24) is 4.98 Å². The fourth-order valence-electron chi connectivity index (χ4n) is 3.65. The van der Waals surface area contributed by atoms with E-state index < -0.39 is 5.41 Å². The van der Waals surface area contributed by atoms with E-state index in [-0.39, 0.29) is 12.7 Å². The van der Waals surface area contributed by atoms with Crippen LogP contribution in [0.15, 0.2) is 60.7 Å². The van der Waals surface area contributed by atoms with Crippen molar-refractivity contribution in [3.05, 3.63) is 66.2 Å². The van der Waals surface area contributed by atoms with Crippen molar-refractivity contribution in [3.8, 4) is 28.5 Å². The predicted octanol–water partition coefficient (Wildman–Crippen LogP) is 4.16. The lowest BCUT2D eigenvalue weighted by atomic mass is 9.94. The Balaban J connectivity index is 1.38. The molecule has 1 fully saturated rings. The summed E-state index contributed by atoms with van der Waals surface area (Å²) in [5.41, 5.74) is 2.12. The topological polar surface area (TPSA) is 69.7 Å². The highest BCUT2D eigenvalue weighted by molar-refractivity contribution is 6.01. The molecule has 0 bridgehead atoms. The standard InChI is InChI=1S/C23H20N2O4/c1-27-17-5-2-4-15(12-17)18-6-3-7-21(24-18)25-22(26)23(10-11-23)16-8-9-19-20(13-16)29-14-28-19/h2-9,12-13H,10-11,14H2,1H3,(H,24,25,26).